The third-order valence-corrected chi connectivity index (χ3v) is 3.33. The number of likely N-dealkylation sites (N-methyl/N-ethyl adjacent to an activating group) is 2. The summed E-state index contributed by atoms with van der Waals surface area (Å²) in [4.78, 5) is 2.61. The van der Waals surface area contributed by atoms with Crippen molar-refractivity contribution in [2.75, 3.05) is 33.4 Å². The molecule has 12 heavy (non-hydrogen) atoms. The average molecular weight is 171 g/mol. The molecule has 2 heteroatoms. The Morgan fingerprint density at radius 1 is 1.33 bits per heavy atom. The third-order valence-electron chi connectivity index (χ3n) is 3.33. The Labute approximate surface area is 76.7 Å². The molecule has 1 aliphatic rings. The second kappa shape index (κ2) is 3.75. The van der Waals surface area contributed by atoms with Gasteiger partial charge in [-0.25, -0.2) is 4.90 Å². The van der Waals surface area contributed by atoms with Crippen molar-refractivity contribution in [3.05, 3.63) is 0 Å². The largest absolute Gasteiger partial charge is 0.312 e. The van der Waals surface area contributed by atoms with Crippen LogP contribution in [0.1, 0.15) is 27.2 Å². The Bertz CT molecular complexity index is 133. The zero-order valence-corrected chi connectivity index (χ0v) is 9.01. The van der Waals surface area contributed by atoms with Crippen LogP contribution >= 0.6 is 0 Å². The van der Waals surface area contributed by atoms with Crippen LogP contribution in [0.4, 0.5) is 0 Å². The van der Waals surface area contributed by atoms with Crippen LogP contribution in [0.5, 0.6) is 0 Å². The molecule has 2 atom stereocenters. The summed E-state index contributed by atoms with van der Waals surface area (Å²) in [6.45, 7) is 12.0. The van der Waals surface area contributed by atoms with Gasteiger partial charge in [-0.1, -0.05) is 13.8 Å². The normalized spacial score (nSPS) is 37.5. The van der Waals surface area contributed by atoms with Gasteiger partial charge in [0.15, 0.2) is 0 Å². The van der Waals surface area contributed by atoms with E-state index in [0.29, 0.717) is 0 Å². The average Bonchev–Trinajstić information content (AvgIpc) is 2.43. The van der Waals surface area contributed by atoms with Gasteiger partial charge in [-0.3, -0.25) is 0 Å². The van der Waals surface area contributed by atoms with E-state index in [1.165, 1.54) is 37.2 Å². The first-order chi connectivity index (χ1) is 5.65. The lowest BCUT2D eigenvalue weighted by atomic mass is 10.2. The first-order valence-electron chi connectivity index (χ1n) is 5.22. The highest BCUT2D eigenvalue weighted by atomic mass is 15.5. The first-order valence-corrected chi connectivity index (χ1v) is 5.22. The molecular formula is C10H23N2+. The zero-order valence-electron chi connectivity index (χ0n) is 9.01. The van der Waals surface area contributed by atoms with E-state index in [0.717, 1.165) is 6.04 Å². The Morgan fingerprint density at radius 2 is 2.00 bits per heavy atom. The van der Waals surface area contributed by atoms with Gasteiger partial charge >= 0.3 is 0 Å². The smallest absolute Gasteiger partial charge is 0.135 e. The molecule has 0 aromatic rings. The standard InChI is InChI=1S/C10H23N2/c1-5-10-8-12(4,7-3)9-11(10)6-2/h10H,5-9H2,1-4H3/q+1/t10?,12-/m1/s1. The molecule has 0 aliphatic carbocycles. The number of hydrogen-bond donors (Lipinski definition) is 0. The molecule has 0 aromatic heterocycles. The van der Waals surface area contributed by atoms with Gasteiger partial charge in [-0.2, -0.15) is 0 Å². The molecule has 1 rings (SSSR count). The fourth-order valence-electron chi connectivity index (χ4n) is 2.21. The minimum atomic E-state index is 0.833. The van der Waals surface area contributed by atoms with Crippen molar-refractivity contribution >= 4 is 0 Å². The van der Waals surface area contributed by atoms with E-state index in [1.54, 1.807) is 0 Å². The van der Waals surface area contributed by atoms with Crippen LogP contribution in [0.15, 0.2) is 0 Å². The van der Waals surface area contributed by atoms with Crippen LogP contribution in [0, 0.1) is 0 Å². The van der Waals surface area contributed by atoms with Gasteiger partial charge in [0.05, 0.1) is 26.2 Å². The Morgan fingerprint density at radius 3 is 2.33 bits per heavy atom. The molecule has 0 amide bonds. The monoisotopic (exact) mass is 171 g/mol. The van der Waals surface area contributed by atoms with Crippen molar-refractivity contribution in [3.8, 4) is 0 Å². The summed E-state index contributed by atoms with van der Waals surface area (Å²) in [6, 6.07) is 0.833. The maximum absolute atomic E-state index is 2.61. The second-order valence-corrected chi connectivity index (χ2v) is 4.23. The zero-order chi connectivity index (χ0) is 9.19. The molecule has 0 bridgehead atoms. The first kappa shape index (κ1) is 10.0. The van der Waals surface area contributed by atoms with E-state index < -0.39 is 0 Å². The molecule has 1 unspecified atom stereocenters. The van der Waals surface area contributed by atoms with Gasteiger partial charge in [-0.05, 0) is 13.3 Å². The van der Waals surface area contributed by atoms with E-state index in [1.807, 2.05) is 0 Å². The van der Waals surface area contributed by atoms with Crippen molar-refractivity contribution in [2.24, 2.45) is 0 Å². The molecule has 0 aromatic carbocycles. The highest BCUT2D eigenvalue weighted by molar-refractivity contribution is 4.72. The second-order valence-electron chi connectivity index (χ2n) is 4.23. The highest BCUT2D eigenvalue weighted by Gasteiger charge is 2.37. The van der Waals surface area contributed by atoms with E-state index >= 15 is 0 Å². The van der Waals surface area contributed by atoms with Gasteiger partial charge < -0.3 is 4.48 Å². The van der Waals surface area contributed by atoms with Crippen molar-refractivity contribution < 1.29 is 4.48 Å². The maximum atomic E-state index is 2.61. The lowest BCUT2D eigenvalue weighted by molar-refractivity contribution is -0.900. The molecule has 1 aliphatic heterocycles. The Hall–Kier alpha value is -0.0800. The predicted octanol–water partition coefficient (Wildman–Crippen LogP) is 1.52. The SMILES string of the molecule is CCC1C[N@@+](C)(CC)CN1CC. The van der Waals surface area contributed by atoms with E-state index in [4.69, 9.17) is 0 Å². The molecule has 0 saturated carbocycles. The summed E-state index contributed by atoms with van der Waals surface area (Å²) in [7, 11) is 2.37. The van der Waals surface area contributed by atoms with E-state index in [2.05, 4.69) is 32.7 Å². The number of rotatable bonds is 3. The van der Waals surface area contributed by atoms with Crippen LogP contribution in [0.2, 0.25) is 0 Å². The predicted molar refractivity (Wildman–Crippen MR) is 52.9 cm³/mol. The highest BCUT2D eigenvalue weighted by Crippen LogP contribution is 2.20. The molecule has 0 spiro atoms. The van der Waals surface area contributed by atoms with E-state index in [9.17, 15) is 0 Å². The quantitative estimate of drug-likeness (QED) is 0.582. The summed E-state index contributed by atoms with van der Waals surface area (Å²) in [5, 5.41) is 0. The number of nitrogens with zero attached hydrogens (tertiary/aromatic N) is 2. The summed E-state index contributed by atoms with van der Waals surface area (Å²) in [5.41, 5.74) is 0. The van der Waals surface area contributed by atoms with Crippen molar-refractivity contribution in [3.63, 3.8) is 0 Å². The molecule has 1 saturated heterocycles. The number of quaternary nitrogens is 1. The van der Waals surface area contributed by atoms with Gasteiger partial charge in [-0.15, -0.1) is 0 Å². The van der Waals surface area contributed by atoms with Crippen LogP contribution in [-0.4, -0.2) is 48.8 Å². The molecule has 2 nitrogen and oxygen atoms in total. The van der Waals surface area contributed by atoms with Crippen LogP contribution < -0.4 is 0 Å². The van der Waals surface area contributed by atoms with Crippen molar-refractivity contribution in [1.82, 2.24) is 4.90 Å². The maximum Gasteiger partial charge on any atom is 0.135 e. The van der Waals surface area contributed by atoms with Crippen molar-refractivity contribution in [1.29, 1.82) is 0 Å². The van der Waals surface area contributed by atoms with Gasteiger partial charge in [0.2, 0.25) is 0 Å². The topological polar surface area (TPSA) is 3.24 Å². The van der Waals surface area contributed by atoms with Gasteiger partial charge in [0.1, 0.15) is 6.67 Å². The molecule has 72 valence electrons. The summed E-state index contributed by atoms with van der Waals surface area (Å²) >= 11 is 0. The third kappa shape index (κ3) is 1.80. The molecule has 1 heterocycles. The minimum Gasteiger partial charge on any atom is -0.312 e. The fourth-order valence-corrected chi connectivity index (χ4v) is 2.21. The summed E-state index contributed by atoms with van der Waals surface area (Å²) < 4.78 is 1.24. The summed E-state index contributed by atoms with van der Waals surface area (Å²) in [6.07, 6.45) is 1.31. The van der Waals surface area contributed by atoms with E-state index in [-0.39, 0.29) is 0 Å². The fraction of sp³-hybridized carbons (Fsp3) is 1.00. The van der Waals surface area contributed by atoms with Crippen molar-refractivity contribution in [2.45, 2.75) is 33.2 Å². The molecular weight excluding hydrogens is 148 g/mol. The molecule has 0 radical (unpaired) electrons. The van der Waals surface area contributed by atoms with Crippen LogP contribution in [-0.2, 0) is 0 Å². The molecule has 0 N–H and O–H groups in total. The Kier molecular flexibility index (Phi) is 3.13. The number of hydrogen-bond acceptors (Lipinski definition) is 1. The lowest BCUT2D eigenvalue weighted by Crippen LogP contribution is -2.42. The summed E-state index contributed by atoms with van der Waals surface area (Å²) in [5.74, 6) is 0. The van der Waals surface area contributed by atoms with Crippen LogP contribution in [0.3, 0.4) is 0 Å². The minimum absolute atomic E-state index is 0.833. The van der Waals surface area contributed by atoms with Crippen LogP contribution in [0.25, 0.3) is 0 Å². The lowest BCUT2D eigenvalue weighted by Gasteiger charge is -2.27. The van der Waals surface area contributed by atoms with Gasteiger partial charge in [0.25, 0.3) is 0 Å². The molecule has 1 fully saturated rings. The Balaban J connectivity index is 2.58. The van der Waals surface area contributed by atoms with Gasteiger partial charge in [0, 0.05) is 6.54 Å².